The lowest BCUT2D eigenvalue weighted by atomic mass is 9.92. The second kappa shape index (κ2) is 8.83. The van der Waals surface area contributed by atoms with Crippen molar-refractivity contribution in [3.63, 3.8) is 0 Å². The quantitative estimate of drug-likeness (QED) is 0.545. The third kappa shape index (κ3) is 6.50. The molecule has 0 N–H and O–H groups in total. The van der Waals surface area contributed by atoms with E-state index in [1.165, 1.54) is 12.1 Å². The van der Waals surface area contributed by atoms with Gasteiger partial charge in [-0.15, -0.1) is 0 Å². The first kappa shape index (κ1) is 19.9. The van der Waals surface area contributed by atoms with Gasteiger partial charge in [0, 0.05) is 25.2 Å². The number of allylic oxidation sites excluding steroid dienone is 1. The molecule has 0 radical (unpaired) electrons. The summed E-state index contributed by atoms with van der Waals surface area (Å²) in [4.78, 5) is 24.1. The molecule has 0 atom stereocenters. The van der Waals surface area contributed by atoms with Crippen molar-refractivity contribution < 1.29 is 14.5 Å². The van der Waals surface area contributed by atoms with E-state index in [1.807, 2.05) is 26.8 Å². The van der Waals surface area contributed by atoms with Crippen LogP contribution in [-0.2, 0) is 4.74 Å². The fourth-order valence-corrected chi connectivity index (χ4v) is 2.99. The summed E-state index contributed by atoms with van der Waals surface area (Å²) in [6.07, 6.45) is 7.96. The van der Waals surface area contributed by atoms with Gasteiger partial charge in [-0.3, -0.25) is 10.1 Å². The first-order valence-electron chi connectivity index (χ1n) is 9.13. The number of hydrogen-bond acceptors (Lipinski definition) is 4. The zero-order valence-electron chi connectivity index (χ0n) is 15.8. The summed E-state index contributed by atoms with van der Waals surface area (Å²) in [6, 6.07) is 6.56. The Morgan fingerprint density at radius 2 is 1.88 bits per heavy atom. The highest BCUT2D eigenvalue weighted by Crippen LogP contribution is 2.24. The Hall–Kier alpha value is -2.37. The first-order chi connectivity index (χ1) is 12.2. The number of hydrogen-bond donors (Lipinski definition) is 0. The summed E-state index contributed by atoms with van der Waals surface area (Å²) >= 11 is 0. The molecule has 0 spiro atoms. The molecule has 1 aromatic carbocycles. The van der Waals surface area contributed by atoms with E-state index in [9.17, 15) is 14.9 Å². The zero-order valence-corrected chi connectivity index (χ0v) is 15.8. The maximum atomic E-state index is 12.1. The lowest BCUT2D eigenvalue weighted by Gasteiger charge is -2.33. The molecular weight excluding hydrogens is 332 g/mol. The van der Waals surface area contributed by atoms with Crippen molar-refractivity contribution in [2.45, 2.75) is 52.1 Å². The van der Waals surface area contributed by atoms with Gasteiger partial charge in [-0.05, 0) is 70.1 Å². The maximum absolute atomic E-state index is 12.1. The van der Waals surface area contributed by atoms with Crippen LogP contribution < -0.4 is 0 Å². The minimum atomic E-state index is -0.448. The standard InChI is InChI=1S/C20H28N2O4/c1-20(2,3)26-19(23)21-14-12-17(13-15-21)7-5-4-6-16-8-10-18(11-9-16)22(24)25/h4,6,8-11,17H,5,7,12-15H2,1-3H3/b6-4+. The molecule has 1 heterocycles. The summed E-state index contributed by atoms with van der Waals surface area (Å²) < 4.78 is 5.42. The SMILES string of the molecule is CC(C)(C)OC(=O)N1CCC(CC/C=C/c2ccc([N+](=O)[O-])cc2)CC1. The molecule has 0 aliphatic carbocycles. The number of nitro benzene ring substituents is 1. The smallest absolute Gasteiger partial charge is 0.410 e. The number of non-ortho nitro benzene ring substituents is 1. The fourth-order valence-electron chi connectivity index (χ4n) is 2.99. The van der Waals surface area contributed by atoms with Gasteiger partial charge in [-0.25, -0.2) is 4.79 Å². The van der Waals surface area contributed by atoms with Gasteiger partial charge < -0.3 is 9.64 Å². The lowest BCUT2D eigenvalue weighted by molar-refractivity contribution is -0.384. The summed E-state index contributed by atoms with van der Waals surface area (Å²) in [5, 5.41) is 10.6. The number of nitrogens with zero attached hydrogens (tertiary/aromatic N) is 2. The van der Waals surface area contributed by atoms with Crippen LogP contribution in [0.3, 0.4) is 0 Å². The average molecular weight is 360 g/mol. The van der Waals surface area contributed by atoms with Gasteiger partial charge in [-0.1, -0.05) is 12.2 Å². The molecule has 1 aliphatic heterocycles. The largest absolute Gasteiger partial charge is 0.444 e. The normalized spacial score (nSPS) is 16.0. The van der Waals surface area contributed by atoms with Crippen LogP contribution in [0.5, 0.6) is 0 Å². The molecule has 2 rings (SSSR count). The van der Waals surface area contributed by atoms with Gasteiger partial charge in [0.2, 0.25) is 0 Å². The Bertz CT molecular complexity index is 639. The van der Waals surface area contributed by atoms with E-state index in [4.69, 9.17) is 4.74 Å². The monoisotopic (exact) mass is 360 g/mol. The van der Waals surface area contributed by atoms with Gasteiger partial charge in [0.1, 0.15) is 5.60 Å². The number of likely N-dealkylation sites (tertiary alicyclic amines) is 1. The average Bonchev–Trinajstić information content (AvgIpc) is 2.58. The van der Waals surface area contributed by atoms with Crippen LogP contribution in [0.25, 0.3) is 6.08 Å². The predicted molar refractivity (Wildman–Crippen MR) is 102 cm³/mol. The number of amides is 1. The Balaban J connectivity index is 1.70. The Kier molecular flexibility index (Phi) is 6.77. The molecule has 0 saturated carbocycles. The van der Waals surface area contributed by atoms with E-state index in [0.29, 0.717) is 5.92 Å². The molecule has 1 amide bonds. The van der Waals surface area contributed by atoms with Crippen LogP contribution in [-0.4, -0.2) is 34.6 Å². The number of ether oxygens (including phenoxy) is 1. The Labute approximate surface area is 155 Å². The molecule has 1 aliphatic rings. The van der Waals surface area contributed by atoms with Crippen LogP contribution in [0.1, 0.15) is 52.0 Å². The molecule has 1 fully saturated rings. The predicted octanol–water partition coefficient (Wildman–Crippen LogP) is 5.04. The van der Waals surface area contributed by atoms with E-state index >= 15 is 0 Å². The van der Waals surface area contributed by atoms with E-state index < -0.39 is 10.5 Å². The number of benzene rings is 1. The molecule has 0 unspecified atom stereocenters. The number of piperidine rings is 1. The Morgan fingerprint density at radius 3 is 2.42 bits per heavy atom. The molecule has 142 valence electrons. The second-order valence-corrected chi connectivity index (χ2v) is 7.74. The number of carbonyl (C=O) groups is 1. The summed E-state index contributed by atoms with van der Waals surface area (Å²) in [6.45, 7) is 7.16. The van der Waals surface area contributed by atoms with E-state index in [2.05, 4.69) is 6.08 Å². The molecular formula is C20H28N2O4. The van der Waals surface area contributed by atoms with Crippen LogP contribution in [0, 0.1) is 16.0 Å². The molecule has 1 aromatic rings. The number of rotatable bonds is 5. The molecule has 6 nitrogen and oxygen atoms in total. The van der Waals surface area contributed by atoms with Gasteiger partial charge in [0.05, 0.1) is 4.92 Å². The number of nitro groups is 1. The van der Waals surface area contributed by atoms with Crippen molar-refractivity contribution in [1.82, 2.24) is 4.90 Å². The van der Waals surface area contributed by atoms with Crippen LogP contribution >= 0.6 is 0 Å². The molecule has 0 aromatic heterocycles. The van der Waals surface area contributed by atoms with Gasteiger partial charge in [0.25, 0.3) is 5.69 Å². The summed E-state index contributed by atoms with van der Waals surface area (Å²) in [7, 11) is 0. The Morgan fingerprint density at radius 1 is 1.27 bits per heavy atom. The molecule has 6 heteroatoms. The molecule has 1 saturated heterocycles. The van der Waals surface area contributed by atoms with Crippen LogP contribution in [0.15, 0.2) is 30.3 Å². The third-order valence-corrected chi connectivity index (χ3v) is 4.42. The second-order valence-electron chi connectivity index (χ2n) is 7.74. The molecule has 26 heavy (non-hydrogen) atoms. The summed E-state index contributed by atoms with van der Waals surface area (Å²) in [5.41, 5.74) is 0.630. The van der Waals surface area contributed by atoms with Gasteiger partial charge in [0.15, 0.2) is 0 Å². The van der Waals surface area contributed by atoms with Gasteiger partial charge in [-0.2, -0.15) is 0 Å². The highest BCUT2D eigenvalue weighted by atomic mass is 16.6. The van der Waals surface area contributed by atoms with E-state index in [-0.39, 0.29) is 11.8 Å². The fraction of sp³-hybridized carbons (Fsp3) is 0.550. The van der Waals surface area contributed by atoms with E-state index in [1.54, 1.807) is 17.0 Å². The summed E-state index contributed by atoms with van der Waals surface area (Å²) in [5.74, 6) is 0.621. The zero-order chi connectivity index (χ0) is 19.2. The van der Waals surface area contributed by atoms with E-state index in [0.717, 1.165) is 44.3 Å². The highest BCUT2D eigenvalue weighted by molar-refractivity contribution is 5.68. The third-order valence-electron chi connectivity index (χ3n) is 4.42. The van der Waals surface area contributed by atoms with Crippen molar-refractivity contribution in [3.05, 3.63) is 46.0 Å². The minimum absolute atomic E-state index is 0.110. The number of carbonyl (C=O) groups excluding carboxylic acids is 1. The maximum Gasteiger partial charge on any atom is 0.410 e. The van der Waals surface area contributed by atoms with Crippen molar-refractivity contribution >= 4 is 17.9 Å². The lowest BCUT2D eigenvalue weighted by Crippen LogP contribution is -2.41. The van der Waals surface area contributed by atoms with Gasteiger partial charge >= 0.3 is 6.09 Å². The van der Waals surface area contributed by atoms with Crippen LogP contribution in [0.2, 0.25) is 0 Å². The minimum Gasteiger partial charge on any atom is -0.444 e. The van der Waals surface area contributed by atoms with Crippen LogP contribution in [0.4, 0.5) is 10.5 Å². The highest BCUT2D eigenvalue weighted by Gasteiger charge is 2.26. The first-order valence-corrected chi connectivity index (χ1v) is 9.13. The van der Waals surface area contributed by atoms with Crippen molar-refractivity contribution in [2.75, 3.05) is 13.1 Å². The topological polar surface area (TPSA) is 72.7 Å². The molecule has 0 bridgehead atoms. The van der Waals surface area contributed by atoms with Crippen molar-refractivity contribution in [3.8, 4) is 0 Å². The van der Waals surface area contributed by atoms with Crippen molar-refractivity contribution in [1.29, 1.82) is 0 Å². The van der Waals surface area contributed by atoms with Crippen molar-refractivity contribution in [2.24, 2.45) is 5.92 Å².